The highest BCUT2D eigenvalue weighted by molar-refractivity contribution is 6.43. The molecule has 7 heteroatoms. The van der Waals surface area contributed by atoms with Crippen molar-refractivity contribution in [1.29, 1.82) is 0 Å². The molecule has 0 spiro atoms. The molecule has 19 heavy (non-hydrogen) atoms. The number of aromatic hydroxyl groups is 1. The van der Waals surface area contributed by atoms with E-state index < -0.39 is 5.91 Å². The first-order valence-corrected chi connectivity index (χ1v) is 6.01. The molecule has 2 N–H and O–H groups in total. The van der Waals surface area contributed by atoms with E-state index in [9.17, 15) is 9.90 Å². The zero-order valence-corrected chi connectivity index (χ0v) is 11.3. The van der Waals surface area contributed by atoms with Crippen LogP contribution in [-0.4, -0.2) is 21.0 Å². The summed E-state index contributed by atoms with van der Waals surface area (Å²) in [6.07, 6.45) is 1.19. The van der Waals surface area contributed by atoms with E-state index in [0.717, 1.165) is 0 Å². The summed E-state index contributed by atoms with van der Waals surface area (Å²) in [5.74, 6) is -0.293. The summed E-state index contributed by atoms with van der Waals surface area (Å²) in [4.78, 5) is 19.5. The summed E-state index contributed by atoms with van der Waals surface area (Å²) in [6.45, 7) is 1.73. The second-order valence-corrected chi connectivity index (χ2v) is 4.52. The van der Waals surface area contributed by atoms with Crippen LogP contribution < -0.4 is 5.32 Å². The molecule has 5 nitrogen and oxygen atoms in total. The second-order valence-electron chi connectivity index (χ2n) is 3.78. The largest absolute Gasteiger partial charge is 0.508 e. The Morgan fingerprint density at radius 2 is 2.05 bits per heavy atom. The SMILES string of the molecule is Cc1ccc(C(=O)Nc2ncnc(Cl)c2Cl)cc1O. The lowest BCUT2D eigenvalue weighted by molar-refractivity contribution is 0.102. The van der Waals surface area contributed by atoms with E-state index in [1.54, 1.807) is 19.1 Å². The normalized spacial score (nSPS) is 10.3. The molecule has 0 aliphatic rings. The van der Waals surface area contributed by atoms with Crippen molar-refractivity contribution in [2.75, 3.05) is 5.32 Å². The van der Waals surface area contributed by atoms with Crippen LogP contribution in [0, 0.1) is 6.92 Å². The van der Waals surface area contributed by atoms with Crippen molar-refractivity contribution in [3.05, 3.63) is 45.8 Å². The predicted octanol–water partition coefficient (Wildman–Crippen LogP) is 3.05. The fourth-order valence-corrected chi connectivity index (χ4v) is 1.64. The molecule has 0 saturated heterocycles. The van der Waals surface area contributed by atoms with Crippen molar-refractivity contribution in [1.82, 2.24) is 9.97 Å². The van der Waals surface area contributed by atoms with Crippen LogP contribution in [0.4, 0.5) is 5.82 Å². The number of halogens is 2. The second kappa shape index (κ2) is 5.42. The van der Waals surface area contributed by atoms with E-state index in [1.807, 2.05) is 0 Å². The number of benzene rings is 1. The number of carbonyl (C=O) groups excluding carboxylic acids is 1. The molecule has 0 bridgehead atoms. The Kier molecular flexibility index (Phi) is 3.87. The molecular formula is C12H9Cl2N3O2. The number of carbonyl (C=O) groups is 1. The highest BCUT2D eigenvalue weighted by Crippen LogP contribution is 2.26. The number of amides is 1. The number of phenols is 1. The third-order valence-electron chi connectivity index (χ3n) is 2.45. The number of nitrogens with one attached hydrogen (secondary N) is 1. The molecule has 0 unspecified atom stereocenters. The summed E-state index contributed by atoms with van der Waals surface area (Å²) in [7, 11) is 0. The highest BCUT2D eigenvalue weighted by Gasteiger charge is 2.13. The first kappa shape index (κ1) is 13.6. The fraction of sp³-hybridized carbons (Fsp3) is 0.0833. The molecule has 1 amide bonds. The average Bonchev–Trinajstić information content (AvgIpc) is 2.38. The van der Waals surface area contributed by atoms with E-state index in [1.165, 1.54) is 12.4 Å². The number of hydrogen-bond acceptors (Lipinski definition) is 4. The summed E-state index contributed by atoms with van der Waals surface area (Å²) in [6, 6.07) is 4.58. The Bertz CT molecular complexity index is 647. The fourth-order valence-electron chi connectivity index (χ4n) is 1.37. The van der Waals surface area contributed by atoms with Gasteiger partial charge >= 0.3 is 0 Å². The van der Waals surface area contributed by atoms with Crippen molar-refractivity contribution >= 4 is 34.9 Å². The van der Waals surface area contributed by atoms with Crippen LogP contribution in [-0.2, 0) is 0 Å². The first-order chi connectivity index (χ1) is 8.99. The van der Waals surface area contributed by atoms with Gasteiger partial charge in [0.1, 0.15) is 17.1 Å². The first-order valence-electron chi connectivity index (χ1n) is 5.26. The van der Waals surface area contributed by atoms with Crippen molar-refractivity contribution in [2.45, 2.75) is 6.92 Å². The van der Waals surface area contributed by atoms with Crippen molar-refractivity contribution in [3.63, 3.8) is 0 Å². The van der Waals surface area contributed by atoms with Gasteiger partial charge in [-0.05, 0) is 24.6 Å². The highest BCUT2D eigenvalue weighted by atomic mass is 35.5. The van der Waals surface area contributed by atoms with E-state index in [2.05, 4.69) is 15.3 Å². The maximum Gasteiger partial charge on any atom is 0.256 e. The van der Waals surface area contributed by atoms with E-state index in [-0.39, 0.29) is 27.3 Å². The van der Waals surface area contributed by atoms with Crippen LogP contribution in [0.2, 0.25) is 10.2 Å². The molecular weight excluding hydrogens is 289 g/mol. The number of nitrogens with zero attached hydrogens (tertiary/aromatic N) is 2. The van der Waals surface area contributed by atoms with E-state index >= 15 is 0 Å². The average molecular weight is 298 g/mol. The molecule has 2 aromatic rings. The molecule has 0 radical (unpaired) electrons. The Hall–Kier alpha value is -1.85. The van der Waals surface area contributed by atoms with E-state index in [4.69, 9.17) is 23.2 Å². The Morgan fingerprint density at radius 3 is 2.74 bits per heavy atom. The smallest absolute Gasteiger partial charge is 0.256 e. The van der Waals surface area contributed by atoms with Crippen LogP contribution in [0.25, 0.3) is 0 Å². The lowest BCUT2D eigenvalue weighted by Crippen LogP contribution is -2.13. The van der Waals surface area contributed by atoms with Gasteiger partial charge in [0.15, 0.2) is 11.0 Å². The lowest BCUT2D eigenvalue weighted by Gasteiger charge is -2.07. The Balaban J connectivity index is 2.26. The van der Waals surface area contributed by atoms with Gasteiger partial charge in [-0.1, -0.05) is 29.3 Å². The third-order valence-corrected chi connectivity index (χ3v) is 3.19. The van der Waals surface area contributed by atoms with Gasteiger partial charge < -0.3 is 10.4 Å². The zero-order chi connectivity index (χ0) is 14.0. The Labute approximate surface area is 119 Å². The summed E-state index contributed by atoms with van der Waals surface area (Å²) < 4.78 is 0. The molecule has 1 aromatic heterocycles. The summed E-state index contributed by atoms with van der Waals surface area (Å²) in [5.41, 5.74) is 0.966. The quantitative estimate of drug-likeness (QED) is 0.836. The third kappa shape index (κ3) is 2.94. The number of hydrogen-bond donors (Lipinski definition) is 2. The number of aryl methyl sites for hydroxylation is 1. The molecule has 1 heterocycles. The molecule has 0 saturated carbocycles. The van der Waals surface area contributed by atoms with Gasteiger partial charge in [0, 0.05) is 5.56 Å². The number of aromatic nitrogens is 2. The summed E-state index contributed by atoms with van der Waals surface area (Å²) >= 11 is 11.6. The van der Waals surface area contributed by atoms with Gasteiger partial charge in [-0.3, -0.25) is 4.79 Å². The minimum Gasteiger partial charge on any atom is -0.508 e. The molecule has 1 aromatic carbocycles. The minimum absolute atomic E-state index is 0.0412. The molecule has 0 atom stereocenters. The van der Waals surface area contributed by atoms with Gasteiger partial charge in [0.05, 0.1) is 0 Å². The van der Waals surface area contributed by atoms with Crippen LogP contribution in [0.15, 0.2) is 24.5 Å². The number of rotatable bonds is 2. The number of phenolic OH excluding ortho intramolecular Hbond substituents is 1. The van der Waals surface area contributed by atoms with Gasteiger partial charge in [0.2, 0.25) is 0 Å². The molecule has 2 rings (SSSR count). The van der Waals surface area contributed by atoms with Crippen LogP contribution >= 0.6 is 23.2 Å². The topological polar surface area (TPSA) is 75.1 Å². The predicted molar refractivity (Wildman–Crippen MR) is 72.8 cm³/mol. The monoisotopic (exact) mass is 297 g/mol. The number of anilines is 1. The lowest BCUT2D eigenvalue weighted by atomic mass is 10.1. The van der Waals surface area contributed by atoms with Crippen LogP contribution in [0.1, 0.15) is 15.9 Å². The van der Waals surface area contributed by atoms with Crippen molar-refractivity contribution in [3.8, 4) is 5.75 Å². The van der Waals surface area contributed by atoms with E-state index in [0.29, 0.717) is 5.56 Å². The van der Waals surface area contributed by atoms with Gasteiger partial charge in [-0.2, -0.15) is 0 Å². The minimum atomic E-state index is -0.452. The van der Waals surface area contributed by atoms with Crippen molar-refractivity contribution in [2.24, 2.45) is 0 Å². The molecule has 0 fully saturated rings. The molecule has 98 valence electrons. The summed E-state index contributed by atoms with van der Waals surface area (Å²) in [5, 5.41) is 12.2. The maximum atomic E-state index is 12.0. The standard InChI is InChI=1S/C12H9Cl2N3O2/c1-6-2-3-7(4-8(6)18)12(19)17-11-9(13)10(14)15-5-16-11/h2-5,18H,1H3,(H,15,16,17,19). The molecule has 0 aliphatic carbocycles. The van der Waals surface area contributed by atoms with Gasteiger partial charge in [0.25, 0.3) is 5.91 Å². The maximum absolute atomic E-state index is 12.0. The van der Waals surface area contributed by atoms with Gasteiger partial charge in [-0.25, -0.2) is 9.97 Å². The molecule has 0 aliphatic heterocycles. The Morgan fingerprint density at radius 1 is 1.32 bits per heavy atom. The van der Waals surface area contributed by atoms with Gasteiger partial charge in [-0.15, -0.1) is 0 Å². The van der Waals surface area contributed by atoms with Crippen molar-refractivity contribution < 1.29 is 9.90 Å². The zero-order valence-electron chi connectivity index (χ0n) is 9.82. The van der Waals surface area contributed by atoms with Crippen LogP contribution in [0.3, 0.4) is 0 Å². The van der Waals surface area contributed by atoms with Crippen LogP contribution in [0.5, 0.6) is 5.75 Å².